The SMILES string of the molecule is O=[N+]([O-])[CH]OCc1ccc2c(c1)OCO2. The lowest BCUT2D eigenvalue weighted by atomic mass is 10.2. The summed E-state index contributed by atoms with van der Waals surface area (Å²) in [7, 11) is 0. The van der Waals surface area contributed by atoms with Crippen LogP contribution in [0.25, 0.3) is 0 Å². The Hall–Kier alpha value is -1.82. The van der Waals surface area contributed by atoms with E-state index in [2.05, 4.69) is 0 Å². The van der Waals surface area contributed by atoms with Gasteiger partial charge >= 0.3 is 6.73 Å². The van der Waals surface area contributed by atoms with Gasteiger partial charge in [-0.05, 0) is 17.7 Å². The maximum Gasteiger partial charge on any atom is 0.410 e. The van der Waals surface area contributed by atoms with E-state index < -0.39 is 4.92 Å². The van der Waals surface area contributed by atoms with E-state index >= 15 is 0 Å². The molecular weight excluding hydrogens is 202 g/mol. The van der Waals surface area contributed by atoms with Crippen molar-refractivity contribution in [3.63, 3.8) is 0 Å². The van der Waals surface area contributed by atoms with Crippen molar-refractivity contribution in [2.75, 3.05) is 6.79 Å². The Morgan fingerprint density at radius 3 is 3.07 bits per heavy atom. The van der Waals surface area contributed by atoms with Gasteiger partial charge in [0.1, 0.15) is 0 Å². The molecule has 1 heterocycles. The third-order valence-corrected chi connectivity index (χ3v) is 1.85. The number of benzene rings is 1. The highest BCUT2D eigenvalue weighted by atomic mass is 16.7. The highest BCUT2D eigenvalue weighted by molar-refractivity contribution is 5.44. The molecular formula is C9H8NO5. The van der Waals surface area contributed by atoms with Crippen LogP contribution in [0, 0.1) is 16.8 Å². The van der Waals surface area contributed by atoms with Gasteiger partial charge in [0, 0.05) is 0 Å². The Morgan fingerprint density at radius 1 is 1.47 bits per heavy atom. The molecule has 1 aromatic carbocycles. The van der Waals surface area contributed by atoms with Crippen LogP contribution < -0.4 is 9.47 Å². The van der Waals surface area contributed by atoms with Crippen molar-refractivity contribution in [2.24, 2.45) is 0 Å². The van der Waals surface area contributed by atoms with Crippen LogP contribution in [0.15, 0.2) is 18.2 Å². The fraction of sp³-hybridized carbons (Fsp3) is 0.222. The second kappa shape index (κ2) is 4.14. The molecule has 0 atom stereocenters. The second-order valence-electron chi connectivity index (χ2n) is 2.89. The summed E-state index contributed by atoms with van der Waals surface area (Å²) in [4.78, 5) is 9.31. The van der Waals surface area contributed by atoms with E-state index in [1.807, 2.05) is 0 Å². The zero-order valence-corrected chi connectivity index (χ0v) is 7.71. The fourth-order valence-corrected chi connectivity index (χ4v) is 1.23. The third-order valence-electron chi connectivity index (χ3n) is 1.85. The van der Waals surface area contributed by atoms with Gasteiger partial charge in [0.15, 0.2) is 11.5 Å². The molecule has 0 amide bonds. The zero-order chi connectivity index (χ0) is 10.7. The van der Waals surface area contributed by atoms with Crippen molar-refractivity contribution < 1.29 is 19.1 Å². The van der Waals surface area contributed by atoms with E-state index in [1.54, 1.807) is 18.2 Å². The van der Waals surface area contributed by atoms with Crippen LogP contribution in [0.1, 0.15) is 5.56 Å². The number of fused-ring (bicyclic) bond motifs is 1. The summed E-state index contributed by atoms with van der Waals surface area (Å²) >= 11 is 0. The average molecular weight is 210 g/mol. The molecule has 1 aromatic rings. The Bertz CT molecular complexity index is 379. The molecule has 0 bridgehead atoms. The van der Waals surface area contributed by atoms with Crippen LogP contribution in [0.3, 0.4) is 0 Å². The second-order valence-corrected chi connectivity index (χ2v) is 2.89. The maximum atomic E-state index is 9.96. The lowest BCUT2D eigenvalue weighted by molar-refractivity contribution is -0.477. The molecule has 0 fully saturated rings. The smallest absolute Gasteiger partial charge is 0.410 e. The lowest BCUT2D eigenvalue weighted by Gasteiger charge is -2.01. The van der Waals surface area contributed by atoms with Crippen LogP contribution in [0.2, 0.25) is 0 Å². The van der Waals surface area contributed by atoms with Gasteiger partial charge in [-0.2, -0.15) is 0 Å². The lowest BCUT2D eigenvalue weighted by Crippen LogP contribution is -1.98. The van der Waals surface area contributed by atoms with Gasteiger partial charge in [0.05, 0.1) is 11.5 Å². The summed E-state index contributed by atoms with van der Waals surface area (Å²) in [5.74, 6) is 1.31. The first kappa shape index (κ1) is 9.72. The number of rotatable bonds is 4. The molecule has 0 aliphatic carbocycles. The molecule has 1 radical (unpaired) electrons. The molecule has 2 rings (SSSR count). The minimum Gasteiger partial charge on any atom is -0.454 e. The van der Waals surface area contributed by atoms with E-state index in [-0.39, 0.29) is 13.4 Å². The van der Waals surface area contributed by atoms with E-state index in [0.717, 1.165) is 5.56 Å². The number of hydrogen-bond acceptors (Lipinski definition) is 5. The van der Waals surface area contributed by atoms with Crippen molar-refractivity contribution in [2.45, 2.75) is 6.61 Å². The first-order chi connectivity index (χ1) is 7.25. The van der Waals surface area contributed by atoms with E-state index in [9.17, 15) is 10.1 Å². The normalized spacial score (nSPS) is 12.8. The summed E-state index contributed by atoms with van der Waals surface area (Å²) in [5.41, 5.74) is 0.789. The molecule has 0 N–H and O–H groups in total. The first-order valence-corrected chi connectivity index (χ1v) is 4.22. The van der Waals surface area contributed by atoms with Crippen LogP contribution in [-0.4, -0.2) is 11.7 Å². The van der Waals surface area contributed by atoms with Crippen LogP contribution in [0.4, 0.5) is 0 Å². The Labute approximate surface area is 85.5 Å². The molecule has 79 valence electrons. The maximum absolute atomic E-state index is 9.96. The number of nitro groups is 1. The summed E-state index contributed by atoms with van der Waals surface area (Å²) in [6, 6.07) is 5.24. The average Bonchev–Trinajstić information content (AvgIpc) is 2.64. The minimum absolute atomic E-state index is 0.137. The third kappa shape index (κ3) is 2.35. The van der Waals surface area contributed by atoms with Gasteiger partial charge in [0.2, 0.25) is 6.79 Å². The largest absolute Gasteiger partial charge is 0.454 e. The molecule has 6 heteroatoms. The van der Waals surface area contributed by atoms with Crippen molar-refractivity contribution in [3.8, 4) is 11.5 Å². The molecule has 0 saturated carbocycles. The molecule has 0 spiro atoms. The molecule has 0 aromatic heterocycles. The standard InChI is InChI=1S/C9H8NO5/c11-10(12)5-13-4-7-1-2-8-9(3-7)15-6-14-8/h1-3,5H,4,6H2. The van der Waals surface area contributed by atoms with Gasteiger partial charge in [-0.3, -0.25) is 10.1 Å². The van der Waals surface area contributed by atoms with Crippen LogP contribution in [-0.2, 0) is 11.3 Å². The van der Waals surface area contributed by atoms with Crippen molar-refractivity contribution >= 4 is 0 Å². The highest BCUT2D eigenvalue weighted by Crippen LogP contribution is 2.32. The number of nitrogens with zero attached hydrogens (tertiary/aromatic N) is 1. The van der Waals surface area contributed by atoms with Crippen LogP contribution >= 0.6 is 0 Å². The van der Waals surface area contributed by atoms with Crippen LogP contribution in [0.5, 0.6) is 11.5 Å². The van der Waals surface area contributed by atoms with Crippen molar-refractivity contribution in [3.05, 3.63) is 40.6 Å². The fourth-order valence-electron chi connectivity index (χ4n) is 1.23. The number of hydrogen-bond donors (Lipinski definition) is 0. The highest BCUT2D eigenvalue weighted by Gasteiger charge is 2.13. The molecule has 1 aliphatic heterocycles. The van der Waals surface area contributed by atoms with E-state index in [4.69, 9.17) is 14.2 Å². The summed E-state index contributed by atoms with van der Waals surface area (Å²) in [6.07, 6.45) is 0. The van der Waals surface area contributed by atoms with Gasteiger partial charge in [-0.15, -0.1) is 0 Å². The quantitative estimate of drug-likeness (QED) is 0.553. The minimum atomic E-state index is -0.646. The monoisotopic (exact) mass is 210 g/mol. The van der Waals surface area contributed by atoms with E-state index in [0.29, 0.717) is 18.2 Å². The molecule has 15 heavy (non-hydrogen) atoms. The predicted octanol–water partition coefficient (Wildman–Crippen LogP) is 1.33. The summed E-state index contributed by atoms with van der Waals surface area (Å²) in [6.45, 7) is 0.906. The molecule has 0 unspecified atom stereocenters. The molecule has 0 saturated heterocycles. The van der Waals surface area contributed by atoms with Gasteiger partial charge in [-0.1, -0.05) is 6.07 Å². The summed E-state index contributed by atoms with van der Waals surface area (Å²) in [5, 5.41) is 9.96. The Balaban J connectivity index is 1.95. The topological polar surface area (TPSA) is 70.8 Å². The van der Waals surface area contributed by atoms with Gasteiger partial charge in [0.25, 0.3) is 0 Å². The molecule has 1 aliphatic rings. The van der Waals surface area contributed by atoms with E-state index in [1.165, 1.54) is 0 Å². The number of ether oxygens (including phenoxy) is 3. The Morgan fingerprint density at radius 2 is 2.27 bits per heavy atom. The first-order valence-electron chi connectivity index (χ1n) is 4.22. The predicted molar refractivity (Wildman–Crippen MR) is 48.6 cm³/mol. The van der Waals surface area contributed by atoms with Crippen molar-refractivity contribution in [1.29, 1.82) is 0 Å². The van der Waals surface area contributed by atoms with Gasteiger partial charge < -0.3 is 14.2 Å². The van der Waals surface area contributed by atoms with Gasteiger partial charge in [-0.25, -0.2) is 0 Å². The van der Waals surface area contributed by atoms with Crippen molar-refractivity contribution in [1.82, 2.24) is 0 Å². The summed E-state index contributed by atoms with van der Waals surface area (Å²) < 4.78 is 15.0. The zero-order valence-electron chi connectivity index (χ0n) is 7.71. The molecule has 6 nitrogen and oxygen atoms in total. The Kier molecular flexibility index (Phi) is 2.68.